The fourth-order valence-corrected chi connectivity index (χ4v) is 4.06. The topological polar surface area (TPSA) is 72.2 Å². The second-order valence-electron chi connectivity index (χ2n) is 4.26. The van der Waals surface area contributed by atoms with E-state index < -0.39 is 10.0 Å². The van der Waals surface area contributed by atoms with Crippen molar-refractivity contribution in [2.75, 3.05) is 5.73 Å². The van der Waals surface area contributed by atoms with Crippen LogP contribution in [0.25, 0.3) is 0 Å². The molecule has 0 aromatic heterocycles. The maximum absolute atomic E-state index is 12.3. The molecule has 2 aromatic rings. The molecule has 0 spiro atoms. The molecule has 0 saturated heterocycles. The standard InChI is InChI=1S/C13H11Cl3N2O2S/c14-9-3-1-8(2-4-9)7-18-21(19,20)13-11(15)5-10(17)6-12(13)16/h1-6,18H,7,17H2. The Morgan fingerprint density at radius 2 is 1.52 bits per heavy atom. The summed E-state index contributed by atoms with van der Waals surface area (Å²) in [4.78, 5) is -0.186. The minimum Gasteiger partial charge on any atom is -0.399 e. The minimum absolute atomic E-state index is 0.0244. The summed E-state index contributed by atoms with van der Waals surface area (Å²) >= 11 is 17.6. The van der Waals surface area contributed by atoms with Crippen molar-refractivity contribution in [3.8, 4) is 0 Å². The van der Waals surface area contributed by atoms with Gasteiger partial charge in [0.25, 0.3) is 0 Å². The summed E-state index contributed by atoms with van der Waals surface area (Å²) in [7, 11) is -3.85. The van der Waals surface area contributed by atoms with Crippen LogP contribution in [0.3, 0.4) is 0 Å². The number of rotatable bonds is 4. The highest BCUT2D eigenvalue weighted by Gasteiger charge is 2.22. The van der Waals surface area contributed by atoms with E-state index in [-0.39, 0.29) is 21.5 Å². The van der Waals surface area contributed by atoms with Crippen molar-refractivity contribution in [1.29, 1.82) is 0 Å². The van der Waals surface area contributed by atoms with Crippen LogP contribution < -0.4 is 10.5 Å². The van der Waals surface area contributed by atoms with Gasteiger partial charge in [0, 0.05) is 17.3 Å². The highest BCUT2D eigenvalue weighted by Crippen LogP contribution is 2.31. The Morgan fingerprint density at radius 1 is 1.00 bits per heavy atom. The van der Waals surface area contributed by atoms with Crippen LogP contribution in [0.5, 0.6) is 0 Å². The first-order chi connectivity index (χ1) is 9.79. The van der Waals surface area contributed by atoms with E-state index in [2.05, 4.69) is 4.72 Å². The zero-order valence-electron chi connectivity index (χ0n) is 10.6. The fraction of sp³-hybridized carbons (Fsp3) is 0.0769. The largest absolute Gasteiger partial charge is 0.399 e. The Labute approximate surface area is 137 Å². The van der Waals surface area contributed by atoms with Gasteiger partial charge in [-0.25, -0.2) is 13.1 Å². The van der Waals surface area contributed by atoms with Gasteiger partial charge in [-0.2, -0.15) is 0 Å². The number of benzene rings is 2. The van der Waals surface area contributed by atoms with E-state index in [1.54, 1.807) is 24.3 Å². The molecule has 0 bridgehead atoms. The molecule has 0 amide bonds. The van der Waals surface area contributed by atoms with Crippen LogP contribution in [0.15, 0.2) is 41.3 Å². The molecule has 0 aliphatic heterocycles. The van der Waals surface area contributed by atoms with Crippen LogP contribution in [-0.4, -0.2) is 8.42 Å². The lowest BCUT2D eigenvalue weighted by Crippen LogP contribution is -2.24. The van der Waals surface area contributed by atoms with Crippen molar-refractivity contribution in [3.05, 3.63) is 57.0 Å². The number of anilines is 1. The number of sulfonamides is 1. The van der Waals surface area contributed by atoms with Crippen molar-refractivity contribution in [2.45, 2.75) is 11.4 Å². The van der Waals surface area contributed by atoms with Crippen LogP contribution in [-0.2, 0) is 16.6 Å². The van der Waals surface area contributed by atoms with E-state index in [1.165, 1.54) is 12.1 Å². The molecule has 0 saturated carbocycles. The molecule has 0 unspecified atom stereocenters. The van der Waals surface area contributed by atoms with Crippen molar-refractivity contribution in [2.24, 2.45) is 0 Å². The Balaban J connectivity index is 2.25. The highest BCUT2D eigenvalue weighted by atomic mass is 35.5. The highest BCUT2D eigenvalue weighted by molar-refractivity contribution is 7.89. The number of nitrogens with two attached hydrogens (primary N) is 1. The second-order valence-corrected chi connectivity index (χ2v) is 7.22. The van der Waals surface area contributed by atoms with Gasteiger partial charge in [0.15, 0.2) is 0 Å². The summed E-state index contributed by atoms with van der Waals surface area (Å²) in [5, 5.41) is 0.526. The third-order valence-electron chi connectivity index (χ3n) is 2.67. The normalized spacial score (nSPS) is 11.6. The molecule has 0 heterocycles. The van der Waals surface area contributed by atoms with Gasteiger partial charge in [-0.1, -0.05) is 46.9 Å². The van der Waals surface area contributed by atoms with Gasteiger partial charge in [0.05, 0.1) is 10.0 Å². The Morgan fingerprint density at radius 3 is 2.05 bits per heavy atom. The fourth-order valence-electron chi connectivity index (χ4n) is 1.69. The van der Waals surface area contributed by atoms with Gasteiger partial charge in [-0.15, -0.1) is 0 Å². The Hall–Kier alpha value is -0.980. The maximum Gasteiger partial charge on any atom is 0.243 e. The summed E-state index contributed by atoms with van der Waals surface area (Å²) in [5.41, 5.74) is 6.60. The molecule has 0 fully saturated rings. The summed E-state index contributed by atoms with van der Waals surface area (Å²) in [5.74, 6) is 0. The molecule has 0 aliphatic carbocycles. The van der Waals surface area contributed by atoms with Crippen molar-refractivity contribution >= 4 is 50.5 Å². The number of hydrogen-bond acceptors (Lipinski definition) is 3. The molecule has 112 valence electrons. The van der Waals surface area contributed by atoms with Crippen LogP contribution in [0, 0.1) is 0 Å². The monoisotopic (exact) mass is 364 g/mol. The van der Waals surface area contributed by atoms with Crippen molar-refractivity contribution in [3.63, 3.8) is 0 Å². The molecule has 4 nitrogen and oxygen atoms in total. The summed E-state index contributed by atoms with van der Waals surface area (Å²) in [6, 6.07) is 9.46. The van der Waals surface area contributed by atoms with Crippen LogP contribution in [0.2, 0.25) is 15.1 Å². The molecule has 2 aromatic carbocycles. The zero-order valence-corrected chi connectivity index (χ0v) is 13.7. The van der Waals surface area contributed by atoms with Gasteiger partial charge < -0.3 is 5.73 Å². The summed E-state index contributed by atoms with van der Waals surface area (Å²) < 4.78 is 27.0. The van der Waals surface area contributed by atoms with E-state index in [1.807, 2.05) is 0 Å². The van der Waals surface area contributed by atoms with E-state index in [4.69, 9.17) is 40.5 Å². The van der Waals surface area contributed by atoms with Gasteiger partial charge in [-0.3, -0.25) is 0 Å². The van der Waals surface area contributed by atoms with E-state index in [0.717, 1.165) is 5.56 Å². The van der Waals surface area contributed by atoms with Crippen LogP contribution in [0.1, 0.15) is 5.56 Å². The van der Waals surface area contributed by atoms with E-state index >= 15 is 0 Å². The first-order valence-corrected chi connectivity index (χ1v) is 8.40. The molecule has 2 rings (SSSR count). The minimum atomic E-state index is -3.85. The summed E-state index contributed by atoms with van der Waals surface area (Å²) in [6.45, 7) is 0.0938. The quantitative estimate of drug-likeness (QED) is 0.811. The molecule has 3 N–H and O–H groups in total. The van der Waals surface area contributed by atoms with Crippen LogP contribution in [0.4, 0.5) is 5.69 Å². The lowest BCUT2D eigenvalue weighted by Gasteiger charge is -2.11. The lowest BCUT2D eigenvalue weighted by atomic mass is 10.2. The second kappa shape index (κ2) is 6.42. The molecule has 0 radical (unpaired) electrons. The smallest absolute Gasteiger partial charge is 0.243 e. The Bertz CT molecular complexity index is 738. The lowest BCUT2D eigenvalue weighted by molar-refractivity contribution is 0.581. The van der Waals surface area contributed by atoms with E-state index in [9.17, 15) is 8.42 Å². The van der Waals surface area contributed by atoms with Gasteiger partial charge in [-0.05, 0) is 29.8 Å². The number of nitrogens with one attached hydrogen (secondary N) is 1. The third kappa shape index (κ3) is 4.02. The average Bonchev–Trinajstić information content (AvgIpc) is 2.36. The average molecular weight is 366 g/mol. The predicted molar refractivity (Wildman–Crippen MR) is 86.4 cm³/mol. The maximum atomic E-state index is 12.3. The molecule has 0 atom stereocenters. The summed E-state index contributed by atoms with van der Waals surface area (Å²) in [6.07, 6.45) is 0. The van der Waals surface area contributed by atoms with Crippen molar-refractivity contribution in [1.82, 2.24) is 4.72 Å². The molecular formula is C13H11Cl3N2O2S. The van der Waals surface area contributed by atoms with Crippen LogP contribution >= 0.6 is 34.8 Å². The van der Waals surface area contributed by atoms with Crippen molar-refractivity contribution < 1.29 is 8.42 Å². The van der Waals surface area contributed by atoms with Gasteiger partial charge in [0.2, 0.25) is 10.0 Å². The SMILES string of the molecule is Nc1cc(Cl)c(S(=O)(=O)NCc2ccc(Cl)cc2)c(Cl)c1. The molecule has 8 heteroatoms. The first-order valence-electron chi connectivity index (χ1n) is 5.78. The molecule has 21 heavy (non-hydrogen) atoms. The predicted octanol–water partition coefficient (Wildman–Crippen LogP) is 3.71. The number of halogens is 3. The molecule has 0 aliphatic rings. The number of hydrogen-bond donors (Lipinski definition) is 2. The zero-order chi connectivity index (χ0) is 15.6. The molecular weight excluding hydrogens is 355 g/mol. The van der Waals surface area contributed by atoms with E-state index in [0.29, 0.717) is 10.7 Å². The number of nitrogen functional groups attached to an aromatic ring is 1. The third-order valence-corrected chi connectivity index (χ3v) is 5.24. The Kier molecular flexibility index (Phi) is 5.01. The van der Waals surface area contributed by atoms with Gasteiger partial charge >= 0.3 is 0 Å². The first kappa shape index (κ1) is 16.4. The van der Waals surface area contributed by atoms with Gasteiger partial charge in [0.1, 0.15) is 4.90 Å².